The lowest BCUT2D eigenvalue weighted by Crippen LogP contribution is -2.47. The number of aromatic nitrogens is 1. The number of nitrogens with one attached hydrogen (secondary N) is 2. The minimum Gasteiger partial charge on any atom is -0.497 e. The van der Waals surface area contributed by atoms with Crippen molar-refractivity contribution in [3.05, 3.63) is 78.1 Å². The predicted octanol–water partition coefficient (Wildman–Crippen LogP) is 5.66. The molecule has 11 nitrogen and oxygen atoms in total. The Balaban J connectivity index is 1.57. The number of carbonyl (C=O) groups excluding carboxylic acids is 2. The summed E-state index contributed by atoms with van der Waals surface area (Å²) in [4.78, 5) is 35.3. The van der Waals surface area contributed by atoms with Gasteiger partial charge in [0.25, 0.3) is 5.91 Å². The molecule has 3 N–H and O–H groups in total. The number of aliphatic hydroxyl groups is 1. The fourth-order valence-corrected chi connectivity index (χ4v) is 5.60. The van der Waals surface area contributed by atoms with Crippen LogP contribution in [0.3, 0.4) is 0 Å². The number of fused-ring (bicyclic) bond motifs is 1. The maximum atomic E-state index is 14.4. The summed E-state index contributed by atoms with van der Waals surface area (Å²) in [5.41, 5.74) is 2.50. The van der Waals surface area contributed by atoms with E-state index in [9.17, 15) is 14.7 Å². The molecule has 3 aromatic rings. The normalized spacial score (nSPS) is 20.0. The molecule has 0 saturated heterocycles. The molecule has 0 spiro atoms. The second kappa shape index (κ2) is 17.7. The largest absolute Gasteiger partial charge is 0.497 e. The van der Waals surface area contributed by atoms with Crippen molar-refractivity contribution in [1.82, 2.24) is 14.8 Å². The smallest absolute Gasteiger partial charge is 0.323 e. The molecule has 0 unspecified atom stereocenters. The molecule has 0 radical (unpaired) electrons. The summed E-state index contributed by atoms with van der Waals surface area (Å²) >= 11 is 0. The van der Waals surface area contributed by atoms with Crippen molar-refractivity contribution in [1.29, 1.82) is 0 Å². The first kappa shape index (κ1) is 35.7. The number of hydrogen-bond acceptors (Lipinski definition) is 8. The number of aliphatic hydroxyl groups excluding tert-OH is 1. The molecule has 1 aromatic heterocycles. The molecule has 1 aliphatic rings. The van der Waals surface area contributed by atoms with Gasteiger partial charge in [-0.05, 0) is 100 Å². The fraction of sp³-hybridized carbons (Fsp3) is 0.472. The molecular formula is C36H49N5O6. The Bertz CT molecular complexity index is 1420. The van der Waals surface area contributed by atoms with E-state index in [1.54, 1.807) is 66.9 Å². The van der Waals surface area contributed by atoms with Crippen molar-refractivity contribution in [2.24, 2.45) is 5.92 Å². The number of pyridine rings is 1. The van der Waals surface area contributed by atoms with Gasteiger partial charge in [-0.15, -0.1) is 0 Å². The third kappa shape index (κ3) is 10.7. The van der Waals surface area contributed by atoms with Crippen LogP contribution in [0.15, 0.2) is 67.0 Å². The third-order valence-corrected chi connectivity index (χ3v) is 8.35. The third-order valence-electron chi connectivity index (χ3n) is 8.35. The van der Waals surface area contributed by atoms with Crippen LogP contribution in [0, 0.1) is 5.92 Å². The molecule has 4 atom stereocenters. The van der Waals surface area contributed by atoms with Crippen LogP contribution in [-0.2, 0) is 11.3 Å². The van der Waals surface area contributed by atoms with Gasteiger partial charge in [0.15, 0.2) is 0 Å². The van der Waals surface area contributed by atoms with Crippen LogP contribution in [0.1, 0.15) is 56.0 Å². The van der Waals surface area contributed by atoms with Gasteiger partial charge in [-0.2, -0.15) is 0 Å². The quantitative estimate of drug-likeness (QED) is 0.272. The number of anilines is 2. The molecule has 0 aliphatic carbocycles. The molecule has 11 heteroatoms. The van der Waals surface area contributed by atoms with Crippen molar-refractivity contribution >= 4 is 23.3 Å². The van der Waals surface area contributed by atoms with E-state index in [-0.39, 0.29) is 30.6 Å². The maximum Gasteiger partial charge on any atom is 0.323 e. The summed E-state index contributed by atoms with van der Waals surface area (Å²) in [6.45, 7) is 8.08. The minimum atomic E-state index is -0.465. The number of benzene rings is 2. The molecule has 3 amide bonds. The van der Waals surface area contributed by atoms with Crippen LogP contribution >= 0.6 is 0 Å². The van der Waals surface area contributed by atoms with Crippen molar-refractivity contribution in [2.75, 3.05) is 51.1 Å². The van der Waals surface area contributed by atoms with E-state index >= 15 is 0 Å². The van der Waals surface area contributed by atoms with Gasteiger partial charge in [-0.1, -0.05) is 6.92 Å². The highest BCUT2D eigenvalue weighted by Gasteiger charge is 2.30. The average molecular weight is 648 g/mol. The molecule has 0 bridgehead atoms. The van der Waals surface area contributed by atoms with Gasteiger partial charge in [-0.3, -0.25) is 14.7 Å². The van der Waals surface area contributed by atoms with Crippen LogP contribution in [-0.4, -0.2) is 90.5 Å². The van der Waals surface area contributed by atoms with Crippen LogP contribution < -0.4 is 20.1 Å². The first-order valence-electron chi connectivity index (χ1n) is 16.3. The highest BCUT2D eigenvalue weighted by molar-refractivity contribution is 6.02. The lowest BCUT2D eigenvalue weighted by atomic mass is 10.0. The highest BCUT2D eigenvalue weighted by Crippen LogP contribution is 2.29. The van der Waals surface area contributed by atoms with E-state index in [0.29, 0.717) is 48.1 Å². The highest BCUT2D eigenvalue weighted by atomic mass is 16.5. The van der Waals surface area contributed by atoms with Crippen molar-refractivity contribution < 1.29 is 28.9 Å². The van der Waals surface area contributed by atoms with Gasteiger partial charge in [-0.25, -0.2) is 4.79 Å². The summed E-state index contributed by atoms with van der Waals surface area (Å²) in [7, 11) is 3.64. The number of rotatable bonds is 9. The molecule has 0 fully saturated rings. The second-order valence-electron chi connectivity index (χ2n) is 12.4. The molecular weight excluding hydrogens is 598 g/mol. The minimum absolute atomic E-state index is 0.0457. The Kier molecular flexibility index (Phi) is 13.4. The summed E-state index contributed by atoms with van der Waals surface area (Å²) in [5.74, 6) is 0.783. The van der Waals surface area contributed by atoms with E-state index in [2.05, 4.69) is 34.5 Å². The summed E-state index contributed by atoms with van der Waals surface area (Å²) < 4.78 is 18.0. The predicted molar refractivity (Wildman–Crippen MR) is 183 cm³/mol. The van der Waals surface area contributed by atoms with E-state index in [1.807, 2.05) is 26.0 Å². The number of nitrogens with zero attached hydrogens (tertiary/aromatic N) is 3. The summed E-state index contributed by atoms with van der Waals surface area (Å²) in [5, 5.41) is 15.9. The molecule has 47 heavy (non-hydrogen) atoms. The molecule has 2 heterocycles. The maximum absolute atomic E-state index is 14.4. The number of amides is 3. The molecule has 254 valence electrons. The van der Waals surface area contributed by atoms with Crippen molar-refractivity contribution in [3.63, 3.8) is 0 Å². The zero-order valence-corrected chi connectivity index (χ0v) is 28.1. The Morgan fingerprint density at radius 2 is 1.79 bits per heavy atom. The van der Waals surface area contributed by atoms with Crippen LogP contribution in [0.5, 0.6) is 11.5 Å². The zero-order chi connectivity index (χ0) is 33.8. The zero-order valence-electron chi connectivity index (χ0n) is 28.1. The van der Waals surface area contributed by atoms with Gasteiger partial charge in [0.05, 0.1) is 37.5 Å². The number of hydrogen-bond donors (Lipinski definition) is 3. The van der Waals surface area contributed by atoms with Crippen LogP contribution in [0.2, 0.25) is 0 Å². The number of likely N-dealkylation sites (N-methyl/N-ethyl adjacent to an activating group) is 1. The summed E-state index contributed by atoms with van der Waals surface area (Å²) in [6, 6.07) is 15.2. The van der Waals surface area contributed by atoms with E-state index < -0.39 is 12.1 Å². The molecule has 4 rings (SSSR count). The lowest BCUT2D eigenvalue weighted by molar-refractivity contribution is -0.0177. The Morgan fingerprint density at radius 1 is 1.09 bits per heavy atom. The Labute approximate surface area is 278 Å². The molecule has 0 saturated carbocycles. The summed E-state index contributed by atoms with van der Waals surface area (Å²) in [6.07, 6.45) is 5.89. The number of ether oxygens (including phenoxy) is 3. The monoisotopic (exact) mass is 647 g/mol. The molecule has 2 aromatic carbocycles. The first-order chi connectivity index (χ1) is 22.7. The van der Waals surface area contributed by atoms with Crippen LogP contribution in [0.25, 0.3) is 0 Å². The van der Waals surface area contributed by atoms with Gasteiger partial charge in [0.1, 0.15) is 11.5 Å². The Morgan fingerprint density at radius 3 is 2.49 bits per heavy atom. The van der Waals surface area contributed by atoms with Crippen LogP contribution in [0.4, 0.5) is 16.2 Å². The van der Waals surface area contributed by atoms with Gasteiger partial charge < -0.3 is 34.9 Å². The average Bonchev–Trinajstić information content (AvgIpc) is 3.06. The standard InChI is InChI=1S/C36H49N5O6/c1-25-21-41(26(2)24-42)35(43)32-20-30(39-36(44)38-29-9-12-31(45-5)13-10-29)11-14-33(32)47-27(3)8-6-7-19-46-34(25)23-40(4)22-28-15-17-37-18-16-28/h9-18,20,25-27,34,42H,6-8,19,21-24H2,1-5H3,(H2,38,39,44)/t25-,26-,27-,34+/m1/s1. The van der Waals surface area contributed by atoms with E-state index in [0.717, 1.165) is 31.4 Å². The van der Waals surface area contributed by atoms with Gasteiger partial charge in [0.2, 0.25) is 0 Å². The van der Waals surface area contributed by atoms with Crippen molar-refractivity contribution in [3.8, 4) is 11.5 Å². The van der Waals surface area contributed by atoms with E-state index in [1.165, 1.54) is 0 Å². The van der Waals surface area contributed by atoms with E-state index in [4.69, 9.17) is 14.2 Å². The number of urea groups is 1. The number of carbonyl (C=O) groups is 2. The van der Waals surface area contributed by atoms with Crippen molar-refractivity contribution in [2.45, 2.75) is 64.8 Å². The molecule has 1 aliphatic heterocycles. The Hall–Kier alpha value is -4.19. The number of methoxy groups -OCH3 is 1. The fourth-order valence-electron chi connectivity index (χ4n) is 5.60. The van der Waals surface area contributed by atoms with Gasteiger partial charge in [0, 0.05) is 55.9 Å². The second-order valence-corrected chi connectivity index (χ2v) is 12.4. The lowest BCUT2D eigenvalue weighted by Gasteiger charge is -2.36. The topological polar surface area (TPSA) is 125 Å². The SMILES string of the molecule is COc1ccc(NC(=O)Nc2ccc3c(c2)C(=O)N([C@H](C)CO)C[C@@H](C)[C@H](CN(C)Cc2ccncc2)OCCCC[C@@H](C)O3)cc1. The van der Waals surface area contributed by atoms with Gasteiger partial charge >= 0.3 is 6.03 Å². The first-order valence-corrected chi connectivity index (χ1v) is 16.3.